The summed E-state index contributed by atoms with van der Waals surface area (Å²) >= 11 is -1.89. The maximum atomic E-state index is 6.03. The van der Waals surface area contributed by atoms with Crippen molar-refractivity contribution < 1.29 is 9.47 Å². The molecule has 0 saturated carbocycles. The molecule has 0 radical (unpaired) electrons. The first-order chi connectivity index (χ1) is 6.80. The van der Waals surface area contributed by atoms with Crippen LogP contribution in [0, 0.1) is 0 Å². The van der Waals surface area contributed by atoms with Gasteiger partial charge in [0.2, 0.25) is 0 Å². The van der Waals surface area contributed by atoms with Gasteiger partial charge in [0.15, 0.2) is 0 Å². The Morgan fingerprint density at radius 1 is 0.867 bits per heavy atom. The Bertz CT molecular complexity index is 185. The molecule has 0 aliphatic carbocycles. The predicted octanol–water partition coefficient (Wildman–Crippen LogP) is 3.02. The van der Waals surface area contributed by atoms with Crippen molar-refractivity contribution in [1.29, 1.82) is 0 Å². The zero-order valence-electron chi connectivity index (χ0n) is 10.8. The Kier molecular flexibility index (Phi) is 5.79. The molecule has 2 nitrogen and oxygen atoms in total. The average molecular weight is 432 g/mol. The van der Waals surface area contributed by atoms with Crippen molar-refractivity contribution in [3.8, 4) is 0 Å². The van der Waals surface area contributed by atoms with E-state index in [-0.39, 0.29) is 5.79 Å². The molecule has 4 heteroatoms. The van der Waals surface area contributed by atoms with Crippen LogP contribution in [0.3, 0.4) is 0 Å². The summed E-state index contributed by atoms with van der Waals surface area (Å²) in [5, 5.41) is 0. The van der Waals surface area contributed by atoms with Crippen molar-refractivity contribution in [3.63, 3.8) is 0 Å². The standard InChI is InChI=1S/C7H12O2.4CH3.2Sb/c1-5-6(2)9-7(3,4)8-5;;;;;;/h5-6H,1-2H2,3-4H3;4*1H3;;/t5-,6+;;;;;;. The summed E-state index contributed by atoms with van der Waals surface area (Å²) < 4.78 is 14.7. The van der Waals surface area contributed by atoms with Gasteiger partial charge in [0, 0.05) is 0 Å². The second-order valence-corrected chi connectivity index (χ2v) is 19.6. The average Bonchev–Trinajstić information content (AvgIpc) is 2.22. The van der Waals surface area contributed by atoms with E-state index in [2.05, 4.69) is 33.3 Å². The molecule has 0 unspecified atom stereocenters. The van der Waals surface area contributed by atoms with Crippen LogP contribution < -0.4 is 0 Å². The Morgan fingerprint density at radius 2 is 1.20 bits per heavy atom. The normalized spacial score (nSPS) is 30.4. The summed E-state index contributed by atoms with van der Waals surface area (Å²) in [4.78, 5) is 9.74. The van der Waals surface area contributed by atoms with E-state index in [0.29, 0.717) is 12.2 Å². The quantitative estimate of drug-likeness (QED) is 0.637. The van der Waals surface area contributed by atoms with E-state index in [1.54, 1.807) is 0 Å². The molecule has 1 heterocycles. The third kappa shape index (κ3) is 5.15. The molecule has 1 aliphatic rings. The van der Waals surface area contributed by atoms with E-state index < -0.39 is 40.4 Å². The summed E-state index contributed by atoms with van der Waals surface area (Å²) in [6.45, 7) is 4.11. The molecular formula is C11H24O2Sb2. The summed E-state index contributed by atoms with van der Waals surface area (Å²) in [6.07, 6.45) is 0.815. The van der Waals surface area contributed by atoms with Gasteiger partial charge in [0.25, 0.3) is 0 Å². The molecule has 0 aromatic carbocycles. The monoisotopic (exact) mass is 430 g/mol. The van der Waals surface area contributed by atoms with Crippen molar-refractivity contribution in [1.82, 2.24) is 0 Å². The molecule has 0 bridgehead atoms. The molecule has 1 aliphatic heterocycles. The fourth-order valence-corrected chi connectivity index (χ4v) is 7.81. The number of hydrogen-bond acceptors (Lipinski definition) is 2. The number of hydrogen-bond donors (Lipinski definition) is 0. The molecule has 1 saturated heterocycles. The van der Waals surface area contributed by atoms with Crippen LogP contribution in [0.2, 0.25) is 28.2 Å². The van der Waals surface area contributed by atoms with Crippen LogP contribution in [-0.4, -0.2) is 58.4 Å². The third-order valence-electron chi connectivity index (χ3n) is 2.38. The van der Waals surface area contributed by atoms with Crippen LogP contribution in [0.4, 0.5) is 0 Å². The van der Waals surface area contributed by atoms with Gasteiger partial charge in [-0.15, -0.1) is 0 Å². The molecule has 0 amide bonds. The van der Waals surface area contributed by atoms with Crippen LogP contribution in [0.1, 0.15) is 13.8 Å². The molecule has 1 rings (SSSR count). The minimum atomic E-state index is -0.946. The van der Waals surface area contributed by atoms with Crippen molar-refractivity contribution in [2.24, 2.45) is 0 Å². The Balaban J connectivity index is 2.57. The predicted molar refractivity (Wildman–Crippen MR) is 68.4 cm³/mol. The molecule has 1 fully saturated rings. The second kappa shape index (κ2) is 5.94. The van der Waals surface area contributed by atoms with E-state index in [9.17, 15) is 0 Å². The van der Waals surface area contributed by atoms with E-state index in [1.807, 2.05) is 0 Å². The van der Waals surface area contributed by atoms with Crippen LogP contribution in [-0.2, 0) is 9.47 Å². The Hall–Kier alpha value is 1.56. The van der Waals surface area contributed by atoms with Gasteiger partial charge in [-0.05, 0) is 0 Å². The summed E-state index contributed by atoms with van der Waals surface area (Å²) in [5.74, 6) is -0.331. The van der Waals surface area contributed by atoms with Crippen molar-refractivity contribution in [2.45, 2.75) is 60.1 Å². The van der Waals surface area contributed by atoms with Crippen LogP contribution in [0.15, 0.2) is 0 Å². The van der Waals surface area contributed by atoms with E-state index in [4.69, 9.17) is 9.47 Å². The van der Waals surface area contributed by atoms with E-state index in [0.717, 1.165) is 0 Å². The van der Waals surface area contributed by atoms with Crippen LogP contribution >= 0.6 is 0 Å². The van der Waals surface area contributed by atoms with Gasteiger partial charge in [-0.2, -0.15) is 0 Å². The molecule has 0 spiro atoms. The van der Waals surface area contributed by atoms with Crippen LogP contribution in [0.5, 0.6) is 0 Å². The fourth-order valence-electron chi connectivity index (χ4n) is 1.94. The summed E-state index contributed by atoms with van der Waals surface area (Å²) in [6, 6.07) is 0. The SMILES string of the molecule is [CH3][Sb]([CH3])[CH2][C@@H]1OC(C)(C)O[C@@H]1[CH2][Sb]([CH3])[CH3]. The molecule has 0 N–H and O–H groups in total. The van der Waals surface area contributed by atoms with E-state index in [1.165, 1.54) is 8.73 Å². The molecule has 90 valence electrons. The molecule has 0 aromatic rings. The Morgan fingerprint density at radius 3 is 1.47 bits per heavy atom. The minimum absolute atomic E-state index is 0.331. The topological polar surface area (TPSA) is 18.5 Å². The molecule has 2 atom stereocenters. The molecular weight excluding hydrogens is 408 g/mol. The Labute approximate surface area is 109 Å². The first-order valence-electron chi connectivity index (χ1n) is 5.45. The zero-order chi connectivity index (χ0) is 11.6. The molecule has 15 heavy (non-hydrogen) atoms. The summed E-state index contributed by atoms with van der Waals surface area (Å²) in [5.41, 5.74) is 0. The third-order valence-corrected chi connectivity index (χ3v) is 8.60. The number of ether oxygens (including phenoxy) is 2. The van der Waals surface area contributed by atoms with Gasteiger partial charge in [0.05, 0.1) is 0 Å². The number of rotatable bonds is 4. The second-order valence-electron chi connectivity index (χ2n) is 5.24. The van der Waals surface area contributed by atoms with Gasteiger partial charge in [-0.25, -0.2) is 0 Å². The van der Waals surface area contributed by atoms with E-state index >= 15 is 0 Å². The van der Waals surface area contributed by atoms with Crippen molar-refractivity contribution in [2.75, 3.05) is 0 Å². The van der Waals surface area contributed by atoms with Crippen molar-refractivity contribution >= 4 is 40.4 Å². The fraction of sp³-hybridized carbons (Fsp3) is 1.00. The van der Waals surface area contributed by atoms with Gasteiger partial charge in [-0.3, -0.25) is 0 Å². The first-order valence-corrected chi connectivity index (χ1v) is 19.3. The van der Waals surface area contributed by atoms with Gasteiger partial charge >= 0.3 is 110 Å². The van der Waals surface area contributed by atoms with Gasteiger partial charge in [-0.1, -0.05) is 0 Å². The zero-order valence-corrected chi connectivity index (χ0v) is 15.9. The van der Waals surface area contributed by atoms with Crippen LogP contribution in [0.25, 0.3) is 0 Å². The van der Waals surface area contributed by atoms with Gasteiger partial charge in [0.1, 0.15) is 0 Å². The van der Waals surface area contributed by atoms with Gasteiger partial charge < -0.3 is 0 Å². The molecule has 0 aromatic heterocycles. The van der Waals surface area contributed by atoms with Crippen molar-refractivity contribution in [3.05, 3.63) is 0 Å². The summed E-state index contributed by atoms with van der Waals surface area (Å²) in [7, 11) is 0. The maximum absolute atomic E-state index is 6.03. The first kappa shape index (κ1) is 14.6.